The molecule has 1 saturated heterocycles. The Kier molecular flexibility index (Phi) is 6.68. The second-order valence-electron chi connectivity index (χ2n) is 7.07. The van der Waals surface area contributed by atoms with Crippen LogP contribution in [-0.4, -0.2) is 44.5 Å². The second-order valence-corrected chi connectivity index (χ2v) is 7.07. The number of benzene rings is 2. The molecule has 0 saturated carbocycles. The Morgan fingerprint density at radius 3 is 2.43 bits per heavy atom. The van der Waals surface area contributed by atoms with Gasteiger partial charge in [-0.2, -0.15) is 0 Å². The van der Waals surface area contributed by atoms with Gasteiger partial charge < -0.3 is 20.1 Å². The van der Waals surface area contributed by atoms with Crippen molar-refractivity contribution in [2.75, 3.05) is 31.0 Å². The highest BCUT2D eigenvalue weighted by molar-refractivity contribution is 6.21. The Bertz CT molecular complexity index is 942. The third-order valence-electron chi connectivity index (χ3n) is 4.96. The number of imide groups is 1. The molecule has 0 spiro atoms. The molecule has 1 heterocycles. The van der Waals surface area contributed by atoms with Gasteiger partial charge in [0.1, 0.15) is 0 Å². The molecule has 0 bridgehead atoms. The summed E-state index contributed by atoms with van der Waals surface area (Å²) in [4.78, 5) is 37.5. The molecule has 0 unspecified atom stereocenters. The van der Waals surface area contributed by atoms with Crippen LogP contribution in [0.5, 0.6) is 11.5 Å². The van der Waals surface area contributed by atoms with Crippen LogP contribution in [0.3, 0.4) is 0 Å². The number of quaternary nitrogens is 1. The lowest BCUT2D eigenvalue weighted by atomic mass is 10.1. The van der Waals surface area contributed by atoms with E-state index in [-0.39, 0.29) is 24.1 Å². The van der Waals surface area contributed by atoms with Gasteiger partial charge in [-0.05, 0) is 42.0 Å². The molecule has 1 fully saturated rings. The number of hydrogen-bond donors (Lipinski definition) is 2. The number of nitrogens with zero attached hydrogens (tertiary/aromatic N) is 1. The van der Waals surface area contributed by atoms with Crippen molar-refractivity contribution in [3.8, 4) is 11.5 Å². The molecule has 8 nitrogen and oxygen atoms in total. The SMILES string of the molecule is COc1ccc(CC[NH2+][C@H]2CC(=O)N(c3ccc(NC(C)=O)cc3)C2=O)cc1OC. The molecule has 158 valence electrons. The van der Waals surface area contributed by atoms with Crippen LogP contribution in [0, 0.1) is 0 Å². The van der Waals surface area contributed by atoms with Gasteiger partial charge in [0, 0.05) is 19.0 Å². The van der Waals surface area contributed by atoms with E-state index in [0.29, 0.717) is 29.4 Å². The van der Waals surface area contributed by atoms with Gasteiger partial charge in [0.2, 0.25) is 11.8 Å². The fourth-order valence-corrected chi connectivity index (χ4v) is 3.50. The number of amides is 3. The van der Waals surface area contributed by atoms with E-state index in [1.807, 2.05) is 23.5 Å². The number of ether oxygens (including phenoxy) is 2. The van der Waals surface area contributed by atoms with Gasteiger partial charge in [0.05, 0.1) is 32.9 Å². The molecular formula is C22H26N3O5+. The maximum Gasteiger partial charge on any atom is 0.292 e. The van der Waals surface area contributed by atoms with Gasteiger partial charge >= 0.3 is 0 Å². The van der Waals surface area contributed by atoms with Crippen molar-refractivity contribution in [1.29, 1.82) is 0 Å². The average molecular weight is 412 g/mol. The molecule has 1 aliphatic heterocycles. The molecule has 3 N–H and O–H groups in total. The van der Waals surface area contributed by atoms with Crippen LogP contribution in [0.25, 0.3) is 0 Å². The van der Waals surface area contributed by atoms with Crippen molar-refractivity contribution in [2.45, 2.75) is 25.8 Å². The van der Waals surface area contributed by atoms with Crippen LogP contribution in [0.2, 0.25) is 0 Å². The summed E-state index contributed by atoms with van der Waals surface area (Å²) in [6, 6.07) is 12.0. The summed E-state index contributed by atoms with van der Waals surface area (Å²) < 4.78 is 10.6. The van der Waals surface area contributed by atoms with Crippen LogP contribution in [-0.2, 0) is 20.8 Å². The molecule has 8 heteroatoms. The summed E-state index contributed by atoms with van der Waals surface area (Å²) in [5.41, 5.74) is 2.18. The van der Waals surface area contributed by atoms with Crippen molar-refractivity contribution >= 4 is 29.1 Å². The first kappa shape index (κ1) is 21.3. The van der Waals surface area contributed by atoms with E-state index in [1.165, 1.54) is 11.8 Å². The second kappa shape index (κ2) is 9.41. The predicted octanol–water partition coefficient (Wildman–Crippen LogP) is 1.10. The van der Waals surface area contributed by atoms with E-state index < -0.39 is 6.04 Å². The standard InChI is InChI=1S/C22H25N3O5/c1-14(26)24-16-5-7-17(8-6-16)25-21(27)13-18(22(25)28)23-11-10-15-4-9-19(29-2)20(12-15)30-3/h4-9,12,18,23H,10-11,13H2,1-3H3,(H,24,26)/p+1/t18-/m0/s1. The van der Waals surface area contributed by atoms with Gasteiger partial charge in [-0.25, -0.2) is 4.90 Å². The number of carbonyl (C=O) groups excluding carboxylic acids is 3. The molecule has 1 atom stereocenters. The number of nitrogens with one attached hydrogen (secondary N) is 1. The Balaban J connectivity index is 1.59. The van der Waals surface area contributed by atoms with E-state index in [9.17, 15) is 14.4 Å². The molecule has 0 radical (unpaired) electrons. The van der Waals surface area contributed by atoms with Crippen molar-refractivity contribution in [2.24, 2.45) is 0 Å². The number of anilines is 2. The molecule has 3 amide bonds. The summed E-state index contributed by atoms with van der Waals surface area (Å²) in [5, 5.41) is 4.57. The van der Waals surface area contributed by atoms with Crippen LogP contribution >= 0.6 is 0 Å². The molecule has 2 aromatic carbocycles. The van der Waals surface area contributed by atoms with E-state index in [4.69, 9.17) is 9.47 Å². The first-order chi connectivity index (χ1) is 14.4. The number of methoxy groups -OCH3 is 2. The largest absolute Gasteiger partial charge is 0.493 e. The smallest absolute Gasteiger partial charge is 0.292 e. The van der Waals surface area contributed by atoms with Crippen LogP contribution in [0.4, 0.5) is 11.4 Å². The fourth-order valence-electron chi connectivity index (χ4n) is 3.50. The van der Waals surface area contributed by atoms with Crippen LogP contribution < -0.4 is 25.0 Å². The zero-order valence-corrected chi connectivity index (χ0v) is 17.3. The fraction of sp³-hybridized carbons (Fsp3) is 0.318. The number of rotatable bonds is 8. The summed E-state index contributed by atoms with van der Waals surface area (Å²) in [6.45, 7) is 2.08. The van der Waals surface area contributed by atoms with Crippen molar-refractivity contribution in [3.05, 3.63) is 48.0 Å². The van der Waals surface area contributed by atoms with E-state index in [0.717, 1.165) is 12.0 Å². The number of carbonyl (C=O) groups is 3. The van der Waals surface area contributed by atoms with Gasteiger partial charge in [0.25, 0.3) is 5.91 Å². The van der Waals surface area contributed by atoms with Gasteiger partial charge in [0.15, 0.2) is 17.5 Å². The Labute approximate surface area is 175 Å². The normalized spacial score (nSPS) is 16.0. The zero-order chi connectivity index (χ0) is 21.7. The minimum absolute atomic E-state index is 0.165. The molecule has 3 rings (SSSR count). The van der Waals surface area contributed by atoms with E-state index in [1.54, 1.807) is 38.5 Å². The predicted molar refractivity (Wildman–Crippen MR) is 112 cm³/mol. The molecular weight excluding hydrogens is 386 g/mol. The summed E-state index contributed by atoms with van der Waals surface area (Å²) in [6.07, 6.45) is 0.891. The van der Waals surface area contributed by atoms with Gasteiger partial charge in [-0.3, -0.25) is 14.4 Å². The maximum absolute atomic E-state index is 12.8. The minimum Gasteiger partial charge on any atom is -0.493 e. The van der Waals surface area contributed by atoms with Crippen molar-refractivity contribution in [3.63, 3.8) is 0 Å². The Morgan fingerprint density at radius 1 is 1.10 bits per heavy atom. The summed E-state index contributed by atoms with van der Waals surface area (Å²) in [7, 11) is 3.18. The first-order valence-electron chi connectivity index (χ1n) is 9.71. The lowest BCUT2D eigenvalue weighted by molar-refractivity contribution is -0.674. The molecule has 0 aromatic heterocycles. The highest BCUT2D eigenvalue weighted by Crippen LogP contribution is 2.27. The molecule has 0 aliphatic carbocycles. The van der Waals surface area contributed by atoms with Gasteiger partial charge in [-0.15, -0.1) is 0 Å². The topological polar surface area (TPSA) is 102 Å². The highest BCUT2D eigenvalue weighted by Gasteiger charge is 2.42. The number of nitrogens with two attached hydrogens (primary N) is 1. The zero-order valence-electron chi connectivity index (χ0n) is 17.3. The lowest BCUT2D eigenvalue weighted by Crippen LogP contribution is -2.92. The monoisotopic (exact) mass is 412 g/mol. The lowest BCUT2D eigenvalue weighted by Gasteiger charge is -2.15. The first-order valence-corrected chi connectivity index (χ1v) is 9.71. The van der Waals surface area contributed by atoms with E-state index in [2.05, 4.69) is 5.32 Å². The van der Waals surface area contributed by atoms with Gasteiger partial charge in [-0.1, -0.05) is 6.07 Å². The molecule has 2 aromatic rings. The number of hydrogen-bond acceptors (Lipinski definition) is 5. The van der Waals surface area contributed by atoms with Crippen molar-refractivity contribution in [1.82, 2.24) is 0 Å². The van der Waals surface area contributed by atoms with E-state index >= 15 is 0 Å². The van der Waals surface area contributed by atoms with Crippen LogP contribution in [0.1, 0.15) is 18.9 Å². The third kappa shape index (κ3) is 4.77. The van der Waals surface area contributed by atoms with Crippen molar-refractivity contribution < 1.29 is 29.2 Å². The van der Waals surface area contributed by atoms with Crippen LogP contribution in [0.15, 0.2) is 42.5 Å². The summed E-state index contributed by atoms with van der Waals surface area (Å²) in [5.74, 6) is 0.706. The summed E-state index contributed by atoms with van der Waals surface area (Å²) >= 11 is 0. The molecule has 1 aliphatic rings. The molecule has 30 heavy (non-hydrogen) atoms. The third-order valence-corrected chi connectivity index (χ3v) is 4.96. The highest BCUT2D eigenvalue weighted by atomic mass is 16.5. The minimum atomic E-state index is -0.437. The maximum atomic E-state index is 12.8. The Hall–Kier alpha value is -3.39. The quantitative estimate of drug-likeness (QED) is 0.633. The Morgan fingerprint density at radius 2 is 1.80 bits per heavy atom. The average Bonchev–Trinajstić information content (AvgIpc) is 3.01.